The first-order valence-electron chi connectivity index (χ1n) is 4.82. The number of nitrogens with one attached hydrogen (secondary N) is 1. The molecule has 1 N–H and O–H groups in total. The monoisotopic (exact) mass is 153 g/mol. The molecule has 0 heterocycles. The molecule has 0 saturated carbocycles. The van der Waals surface area contributed by atoms with Crippen LogP contribution in [0.1, 0.15) is 39.0 Å². The molecule has 0 radical (unpaired) electrons. The molecule has 0 aliphatic heterocycles. The van der Waals surface area contributed by atoms with E-state index in [9.17, 15) is 0 Å². The van der Waals surface area contributed by atoms with Gasteiger partial charge in [-0.3, -0.25) is 0 Å². The first-order chi connectivity index (χ1) is 5.43. The molecule has 1 nitrogen and oxygen atoms in total. The molecule has 0 aromatic rings. The van der Waals surface area contributed by atoms with E-state index in [4.69, 9.17) is 0 Å². The summed E-state index contributed by atoms with van der Waals surface area (Å²) in [6.45, 7) is 4.56. The van der Waals surface area contributed by atoms with Gasteiger partial charge in [0, 0.05) is 0 Å². The fourth-order valence-electron chi connectivity index (χ4n) is 1.52. The highest BCUT2D eigenvalue weighted by atomic mass is 14.8. The molecule has 0 amide bonds. The topological polar surface area (TPSA) is 12.0 Å². The van der Waals surface area contributed by atoms with Crippen LogP contribution >= 0.6 is 0 Å². The summed E-state index contributed by atoms with van der Waals surface area (Å²) < 4.78 is 0. The average Bonchev–Trinajstić information content (AvgIpc) is 2.50. The molecule has 0 fully saturated rings. The number of hydrogen-bond acceptors (Lipinski definition) is 1. The van der Waals surface area contributed by atoms with Gasteiger partial charge in [-0.15, -0.1) is 0 Å². The van der Waals surface area contributed by atoms with E-state index in [-0.39, 0.29) is 0 Å². The summed E-state index contributed by atoms with van der Waals surface area (Å²) in [7, 11) is 0. The van der Waals surface area contributed by atoms with Crippen LogP contribution in [0.15, 0.2) is 11.6 Å². The summed E-state index contributed by atoms with van der Waals surface area (Å²) in [5, 5.41) is 3.42. The summed E-state index contributed by atoms with van der Waals surface area (Å²) in [5.41, 5.74) is 1.67. The van der Waals surface area contributed by atoms with Gasteiger partial charge in [0.2, 0.25) is 0 Å². The maximum absolute atomic E-state index is 3.42. The minimum absolute atomic E-state index is 1.17. The van der Waals surface area contributed by atoms with Crippen LogP contribution in [0.4, 0.5) is 0 Å². The van der Waals surface area contributed by atoms with Crippen molar-refractivity contribution in [1.82, 2.24) is 5.32 Å². The number of hydrogen-bond donors (Lipinski definition) is 1. The lowest BCUT2D eigenvalue weighted by Gasteiger charge is -2.02. The van der Waals surface area contributed by atoms with Gasteiger partial charge in [0.05, 0.1) is 0 Å². The van der Waals surface area contributed by atoms with Crippen LogP contribution in [0.25, 0.3) is 0 Å². The quantitative estimate of drug-likeness (QED) is 0.472. The Labute approximate surface area is 69.9 Å². The van der Waals surface area contributed by atoms with Gasteiger partial charge in [-0.05, 0) is 45.2 Å². The zero-order valence-electron chi connectivity index (χ0n) is 7.53. The molecule has 1 aliphatic carbocycles. The Bertz CT molecular complexity index is 127. The second-order valence-corrected chi connectivity index (χ2v) is 3.25. The summed E-state index contributed by atoms with van der Waals surface area (Å²) >= 11 is 0. The van der Waals surface area contributed by atoms with E-state index in [1.54, 1.807) is 5.57 Å². The minimum Gasteiger partial charge on any atom is -0.316 e. The van der Waals surface area contributed by atoms with E-state index in [1.165, 1.54) is 45.2 Å². The third-order valence-electron chi connectivity index (χ3n) is 2.18. The summed E-state index contributed by atoms with van der Waals surface area (Å²) in [6.07, 6.45) is 9.01. The average molecular weight is 153 g/mol. The molecular weight excluding hydrogens is 134 g/mol. The van der Waals surface area contributed by atoms with Gasteiger partial charge in [-0.25, -0.2) is 0 Å². The van der Waals surface area contributed by atoms with E-state index in [1.807, 2.05) is 0 Å². The Balaban J connectivity index is 1.94. The fraction of sp³-hybridized carbons (Fsp3) is 0.800. The van der Waals surface area contributed by atoms with Gasteiger partial charge in [0.15, 0.2) is 0 Å². The normalized spacial score (nSPS) is 17.0. The Morgan fingerprint density at radius 1 is 1.45 bits per heavy atom. The van der Waals surface area contributed by atoms with E-state index in [0.717, 1.165) is 0 Å². The van der Waals surface area contributed by atoms with Gasteiger partial charge >= 0.3 is 0 Å². The van der Waals surface area contributed by atoms with Crippen LogP contribution < -0.4 is 5.32 Å². The highest BCUT2D eigenvalue weighted by Crippen LogP contribution is 2.19. The van der Waals surface area contributed by atoms with Crippen molar-refractivity contribution in [1.29, 1.82) is 0 Å². The van der Waals surface area contributed by atoms with E-state index in [0.29, 0.717) is 0 Å². The standard InChI is InChI=1S/C10H19N/c1-2-8-11-9-7-10-5-3-4-6-10/h5,11H,2-4,6-9H2,1H3. The third-order valence-corrected chi connectivity index (χ3v) is 2.18. The SMILES string of the molecule is CCCNCCC1=CCCC1. The molecule has 1 rings (SSSR count). The van der Waals surface area contributed by atoms with Crippen LogP contribution in [-0.2, 0) is 0 Å². The maximum Gasteiger partial charge on any atom is -0.00116 e. The van der Waals surface area contributed by atoms with Crippen molar-refractivity contribution in [3.8, 4) is 0 Å². The predicted molar refractivity (Wildman–Crippen MR) is 49.7 cm³/mol. The molecule has 0 bridgehead atoms. The Morgan fingerprint density at radius 2 is 2.36 bits per heavy atom. The first-order valence-corrected chi connectivity index (χ1v) is 4.82. The summed E-state index contributed by atoms with van der Waals surface area (Å²) in [4.78, 5) is 0. The van der Waals surface area contributed by atoms with Crippen LogP contribution in [0.3, 0.4) is 0 Å². The lowest BCUT2D eigenvalue weighted by Crippen LogP contribution is -2.16. The van der Waals surface area contributed by atoms with Crippen molar-refractivity contribution in [2.75, 3.05) is 13.1 Å². The maximum atomic E-state index is 3.42. The van der Waals surface area contributed by atoms with Crippen molar-refractivity contribution in [2.45, 2.75) is 39.0 Å². The summed E-state index contributed by atoms with van der Waals surface area (Å²) in [5.74, 6) is 0. The van der Waals surface area contributed by atoms with Crippen LogP contribution in [-0.4, -0.2) is 13.1 Å². The summed E-state index contributed by atoms with van der Waals surface area (Å²) in [6, 6.07) is 0. The smallest absolute Gasteiger partial charge is 0.00116 e. The Kier molecular flexibility index (Phi) is 4.29. The Morgan fingerprint density at radius 3 is 3.00 bits per heavy atom. The molecule has 0 spiro atoms. The van der Waals surface area contributed by atoms with Crippen molar-refractivity contribution >= 4 is 0 Å². The van der Waals surface area contributed by atoms with E-state index >= 15 is 0 Å². The van der Waals surface area contributed by atoms with E-state index < -0.39 is 0 Å². The third kappa shape index (κ3) is 3.57. The van der Waals surface area contributed by atoms with E-state index in [2.05, 4.69) is 18.3 Å². The molecule has 0 unspecified atom stereocenters. The fourth-order valence-corrected chi connectivity index (χ4v) is 1.52. The van der Waals surface area contributed by atoms with Crippen LogP contribution in [0.2, 0.25) is 0 Å². The largest absolute Gasteiger partial charge is 0.316 e. The molecule has 1 aliphatic rings. The molecule has 1 heteroatoms. The Hall–Kier alpha value is -0.300. The lowest BCUT2D eigenvalue weighted by atomic mass is 10.2. The molecule has 0 aromatic heterocycles. The predicted octanol–water partition coefficient (Wildman–Crippen LogP) is 2.49. The van der Waals surface area contributed by atoms with Crippen molar-refractivity contribution in [2.24, 2.45) is 0 Å². The van der Waals surface area contributed by atoms with Gasteiger partial charge in [-0.1, -0.05) is 18.6 Å². The highest BCUT2D eigenvalue weighted by Gasteiger charge is 2.02. The number of rotatable bonds is 5. The van der Waals surface area contributed by atoms with Crippen molar-refractivity contribution < 1.29 is 0 Å². The lowest BCUT2D eigenvalue weighted by molar-refractivity contribution is 0.662. The highest BCUT2D eigenvalue weighted by molar-refractivity contribution is 5.07. The zero-order chi connectivity index (χ0) is 7.94. The van der Waals surface area contributed by atoms with Crippen LogP contribution in [0, 0.1) is 0 Å². The molecular formula is C10H19N. The molecule has 0 atom stereocenters. The second kappa shape index (κ2) is 5.36. The molecule has 0 aromatic carbocycles. The minimum atomic E-state index is 1.17. The first kappa shape index (κ1) is 8.79. The molecule has 64 valence electrons. The van der Waals surface area contributed by atoms with Gasteiger partial charge in [0.1, 0.15) is 0 Å². The van der Waals surface area contributed by atoms with Crippen LogP contribution in [0.5, 0.6) is 0 Å². The van der Waals surface area contributed by atoms with Crippen molar-refractivity contribution in [3.63, 3.8) is 0 Å². The van der Waals surface area contributed by atoms with Gasteiger partial charge < -0.3 is 5.32 Å². The zero-order valence-corrected chi connectivity index (χ0v) is 7.53. The van der Waals surface area contributed by atoms with Gasteiger partial charge in [-0.2, -0.15) is 0 Å². The van der Waals surface area contributed by atoms with Crippen molar-refractivity contribution in [3.05, 3.63) is 11.6 Å². The number of allylic oxidation sites excluding steroid dienone is 1. The van der Waals surface area contributed by atoms with Gasteiger partial charge in [0.25, 0.3) is 0 Å². The molecule has 11 heavy (non-hydrogen) atoms. The second-order valence-electron chi connectivity index (χ2n) is 3.25. The molecule has 0 saturated heterocycles.